The van der Waals surface area contributed by atoms with Crippen LogP contribution in [0.15, 0.2) is 59.2 Å². The van der Waals surface area contributed by atoms with Gasteiger partial charge in [0.25, 0.3) is 0 Å². The topological polar surface area (TPSA) is 33.5 Å². The van der Waals surface area contributed by atoms with E-state index in [1.807, 2.05) is 12.1 Å². The minimum absolute atomic E-state index is 0.138. The molecule has 5 rings (SSSR count). The summed E-state index contributed by atoms with van der Waals surface area (Å²) < 4.78 is 5.41. The van der Waals surface area contributed by atoms with Gasteiger partial charge in [0.1, 0.15) is 5.58 Å². The van der Waals surface area contributed by atoms with Crippen molar-refractivity contribution >= 4 is 16.9 Å². The first-order valence-electron chi connectivity index (χ1n) is 9.01. The normalized spacial score (nSPS) is 20.3. The van der Waals surface area contributed by atoms with E-state index in [0.29, 0.717) is 5.91 Å². The van der Waals surface area contributed by atoms with Crippen LogP contribution in [0.1, 0.15) is 30.9 Å². The fraction of sp³-hybridized carbons (Fsp3) is 0.273. The summed E-state index contributed by atoms with van der Waals surface area (Å²) in [5, 5.41) is 1.12. The number of hydrogen-bond donors (Lipinski definition) is 0. The van der Waals surface area contributed by atoms with Crippen molar-refractivity contribution in [1.29, 1.82) is 0 Å². The van der Waals surface area contributed by atoms with Crippen molar-refractivity contribution in [3.05, 3.63) is 66.8 Å². The molecule has 0 spiro atoms. The molecule has 1 aliphatic carbocycles. The molecule has 25 heavy (non-hydrogen) atoms. The van der Waals surface area contributed by atoms with E-state index in [1.54, 1.807) is 6.26 Å². The molecule has 2 heterocycles. The van der Waals surface area contributed by atoms with Crippen LogP contribution >= 0.6 is 0 Å². The van der Waals surface area contributed by atoms with Gasteiger partial charge >= 0.3 is 0 Å². The zero-order valence-corrected chi connectivity index (χ0v) is 14.0. The molecule has 3 heteroatoms. The monoisotopic (exact) mass is 330 g/mol. The van der Waals surface area contributed by atoms with Gasteiger partial charge in [-0.2, -0.15) is 0 Å². The van der Waals surface area contributed by atoms with Crippen LogP contribution in [0.3, 0.4) is 0 Å². The molecule has 125 valence electrons. The second-order valence-electron chi connectivity index (χ2n) is 7.07. The van der Waals surface area contributed by atoms with E-state index < -0.39 is 0 Å². The lowest BCUT2D eigenvalue weighted by Crippen LogP contribution is -2.31. The average Bonchev–Trinajstić information content (AvgIpc) is 3.20. The quantitative estimate of drug-likeness (QED) is 0.678. The number of benzene rings is 2. The lowest BCUT2D eigenvalue weighted by molar-refractivity contribution is -0.133. The summed E-state index contributed by atoms with van der Waals surface area (Å²) in [6.07, 6.45) is 7.11. The van der Waals surface area contributed by atoms with Crippen LogP contribution in [-0.4, -0.2) is 17.4 Å². The van der Waals surface area contributed by atoms with Gasteiger partial charge in [0.15, 0.2) is 0 Å². The number of amides is 1. The standard InChI is InChI=1S/C22H20NO2/c24-22(17-7-8-17)23-12-1-2-20(23)16-5-3-15(4-6-16)18-9-10-21-19(14-18)11-13-25-21/h2-6,9-11,13-14,17,20H,1,7-8,12H2. The molecule has 3 nitrogen and oxygen atoms in total. The van der Waals surface area contributed by atoms with E-state index in [4.69, 9.17) is 4.42 Å². The molecule has 1 amide bonds. The first kappa shape index (κ1) is 14.8. The van der Waals surface area contributed by atoms with Crippen LogP contribution in [0.5, 0.6) is 0 Å². The zero-order chi connectivity index (χ0) is 16.8. The number of nitrogens with zero attached hydrogens (tertiary/aromatic N) is 1. The summed E-state index contributed by atoms with van der Waals surface area (Å²) >= 11 is 0. The summed E-state index contributed by atoms with van der Waals surface area (Å²) in [6.45, 7) is 0.860. The minimum Gasteiger partial charge on any atom is -0.464 e. The van der Waals surface area contributed by atoms with E-state index >= 15 is 0 Å². The fourth-order valence-corrected chi connectivity index (χ4v) is 3.78. The molecule has 1 unspecified atom stereocenters. The van der Waals surface area contributed by atoms with Gasteiger partial charge in [-0.3, -0.25) is 4.79 Å². The molecular formula is C22H20NO2. The number of likely N-dealkylation sites (tertiary alicyclic amines) is 1. The van der Waals surface area contributed by atoms with Crippen molar-refractivity contribution in [3.63, 3.8) is 0 Å². The van der Waals surface area contributed by atoms with Gasteiger partial charge in [0, 0.05) is 17.8 Å². The molecule has 1 saturated heterocycles. The lowest BCUT2D eigenvalue weighted by Gasteiger charge is -2.25. The second kappa shape index (κ2) is 5.76. The number of fused-ring (bicyclic) bond motifs is 1. The van der Waals surface area contributed by atoms with E-state index in [-0.39, 0.29) is 12.0 Å². The minimum atomic E-state index is 0.138. The second-order valence-corrected chi connectivity index (χ2v) is 7.07. The number of carbonyl (C=O) groups is 1. The van der Waals surface area contributed by atoms with Crippen molar-refractivity contribution in [1.82, 2.24) is 4.90 Å². The molecule has 1 aromatic heterocycles. The molecule has 3 aromatic rings. The zero-order valence-electron chi connectivity index (χ0n) is 14.0. The summed E-state index contributed by atoms with van der Waals surface area (Å²) in [7, 11) is 0. The highest BCUT2D eigenvalue weighted by atomic mass is 16.3. The Morgan fingerprint density at radius 1 is 1.00 bits per heavy atom. The van der Waals surface area contributed by atoms with Crippen LogP contribution in [0.25, 0.3) is 22.1 Å². The van der Waals surface area contributed by atoms with Gasteiger partial charge in [-0.15, -0.1) is 0 Å². The average molecular weight is 330 g/mol. The van der Waals surface area contributed by atoms with Crippen molar-refractivity contribution < 1.29 is 9.21 Å². The third-order valence-corrected chi connectivity index (χ3v) is 5.34. The van der Waals surface area contributed by atoms with E-state index in [1.165, 1.54) is 16.7 Å². The Morgan fingerprint density at radius 2 is 1.80 bits per heavy atom. The number of hydrogen-bond acceptors (Lipinski definition) is 2. The third kappa shape index (κ3) is 2.64. The molecule has 1 aliphatic heterocycles. The highest BCUT2D eigenvalue weighted by Crippen LogP contribution is 2.38. The Labute approximate surface area is 147 Å². The highest BCUT2D eigenvalue weighted by Gasteiger charge is 2.38. The Kier molecular flexibility index (Phi) is 3.40. The van der Waals surface area contributed by atoms with Gasteiger partial charge in [0.2, 0.25) is 5.91 Å². The molecule has 0 bridgehead atoms. The Morgan fingerprint density at radius 3 is 2.60 bits per heavy atom. The Hall–Kier alpha value is -2.55. The summed E-state index contributed by atoms with van der Waals surface area (Å²) in [5.74, 6) is 0.628. The van der Waals surface area contributed by atoms with E-state index in [9.17, 15) is 4.79 Å². The van der Waals surface area contributed by atoms with Gasteiger partial charge in [-0.1, -0.05) is 30.3 Å². The largest absolute Gasteiger partial charge is 0.464 e. The first-order chi connectivity index (χ1) is 12.3. The molecule has 1 saturated carbocycles. The van der Waals surface area contributed by atoms with Gasteiger partial charge < -0.3 is 9.32 Å². The Balaban J connectivity index is 1.41. The van der Waals surface area contributed by atoms with Crippen LogP contribution in [0.2, 0.25) is 0 Å². The van der Waals surface area contributed by atoms with Crippen molar-refractivity contribution in [2.24, 2.45) is 5.92 Å². The highest BCUT2D eigenvalue weighted by molar-refractivity contribution is 5.84. The summed E-state index contributed by atoms with van der Waals surface area (Å²) in [6, 6.07) is 17.0. The van der Waals surface area contributed by atoms with Crippen molar-refractivity contribution in [2.75, 3.05) is 6.54 Å². The molecular weight excluding hydrogens is 310 g/mol. The first-order valence-corrected chi connectivity index (χ1v) is 9.01. The molecule has 1 radical (unpaired) electrons. The molecule has 0 N–H and O–H groups in total. The van der Waals surface area contributed by atoms with E-state index in [0.717, 1.165) is 36.8 Å². The smallest absolute Gasteiger partial charge is 0.226 e. The van der Waals surface area contributed by atoms with Gasteiger partial charge in [-0.05, 0) is 60.6 Å². The lowest BCUT2D eigenvalue weighted by atomic mass is 9.99. The van der Waals surface area contributed by atoms with Gasteiger partial charge in [0.05, 0.1) is 12.3 Å². The molecule has 1 atom stereocenters. The van der Waals surface area contributed by atoms with Crippen LogP contribution in [-0.2, 0) is 4.79 Å². The van der Waals surface area contributed by atoms with Gasteiger partial charge in [-0.25, -0.2) is 0 Å². The SMILES string of the molecule is O=C(C1CC1)N1CC[CH]C1c1ccc(-c2ccc3occc3c2)cc1. The molecule has 2 aromatic carbocycles. The summed E-state index contributed by atoms with van der Waals surface area (Å²) in [5.41, 5.74) is 4.49. The van der Waals surface area contributed by atoms with E-state index in [2.05, 4.69) is 47.7 Å². The number of carbonyl (C=O) groups excluding carboxylic acids is 1. The van der Waals surface area contributed by atoms with Crippen LogP contribution in [0, 0.1) is 12.3 Å². The fourth-order valence-electron chi connectivity index (χ4n) is 3.78. The number of rotatable bonds is 3. The molecule has 2 fully saturated rings. The predicted molar refractivity (Wildman–Crippen MR) is 97.7 cm³/mol. The third-order valence-electron chi connectivity index (χ3n) is 5.34. The van der Waals surface area contributed by atoms with Crippen LogP contribution in [0.4, 0.5) is 0 Å². The molecule has 2 aliphatic rings. The summed E-state index contributed by atoms with van der Waals surface area (Å²) in [4.78, 5) is 14.5. The maximum Gasteiger partial charge on any atom is 0.226 e. The number of furan rings is 1. The Bertz CT molecular complexity index is 921. The predicted octanol–water partition coefficient (Wildman–Crippen LogP) is 4.99. The van der Waals surface area contributed by atoms with Crippen LogP contribution < -0.4 is 0 Å². The van der Waals surface area contributed by atoms with Crippen molar-refractivity contribution in [3.8, 4) is 11.1 Å². The maximum atomic E-state index is 12.5. The maximum absolute atomic E-state index is 12.5. The van der Waals surface area contributed by atoms with Crippen molar-refractivity contribution in [2.45, 2.75) is 25.3 Å².